The van der Waals surface area contributed by atoms with E-state index in [1.54, 1.807) is 16.8 Å². The second kappa shape index (κ2) is 5.89. The maximum atomic E-state index is 12.4. The average molecular weight is 298 g/mol. The van der Waals surface area contributed by atoms with Crippen LogP contribution in [0.15, 0.2) is 60.8 Å². The molecule has 5 heteroatoms. The van der Waals surface area contributed by atoms with Crippen molar-refractivity contribution in [2.75, 3.05) is 0 Å². The Balaban J connectivity index is 1.86. The van der Waals surface area contributed by atoms with Crippen LogP contribution in [0.25, 0.3) is 5.69 Å². The first-order valence-corrected chi connectivity index (χ1v) is 6.85. The van der Waals surface area contributed by atoms with E-state index in [0.717, 1.165) is 11.3 Å². The van der Waals surface area contributed by atoms with Gasteiger partial charge in [-0.3, -0.25) is 4.79 Å². The quantitative estimate of drug-likeness (QED) is 0.694. The molecule has 0 saturated carbocycles. The van der Waals surface area contributed by atoms with Gasteiger partial charge in [0.15, 0.2) is 5.78 Å². The lowest BCUT2D eigenvalue weighted by molar-refractivity contribution is 0.0985. The molecule has 1 aromatic heterocycles. The molecule has 104 valence electrons. The van der Waals surface area contributed by atoms with Crippen molar-refractivity contribution in [2.24, 2.45) is 0 Å². The summed E-state index contributed by atoms with van der Waals surface area (Å²) in [6, 6.07) is 16.7. The fourth-order valence-electron chi connectivity index (χ4n) is 2.06. The Morgan fingerprint density at radius 2 is 1.76 bits per heavy atom. The van der Waals surface area contributed by atoms with Crippen molar-refractivity contribution < 1.29 is 4.79 Å². The van der Waals surface area contributed by atoms with E-state index in [1.165, 1.54) is 6.20 Å². The summed E-state index contributed by atoms with van der Waals surface area (Å²) in [6.45, 7) is 0. The van der Waals surface area contributed by atoms with Crippen LogP contribution in [0, 0.1) is 0 Å². The molecule has 0 aliphatic carbocycles. The summed E-state index contributed by atoms with van der Waals surface area (Å²) in [4.78, 5) is 12.4. The number of rotatable bonds is 4. The van der Waals surface area contributed by atoms with Crippen molar-refractivity contribution in [3.63, 3.8) is 0 Å². The summed E-state index contributed by atoms with van der Waals surface area (Å²) in [6.07, 6.45) is 1.78. The van der Waals surface area contributed by atoms with Gasteiger partial charge in [0.2, 0.25) is 0 Å². The van der Waals surface area contributed by atoms with Crippen LogP contribution < -0.4 is 0 Å². The molecule has 0 bridgehead atoms. The highest BCUT2D eigenvalue weighted by Gasteiger charge is 2.14. The minimum atomic E-state index is -0.0359. The summed E-state index contributed by atoms with van der Waals surface area (Å²) in [5.74, 6) is -0.0359. The molecule has 0 fully saturated rings. The van der Waals surface area contributed by atoms with Crippen LogP contribution in [0.3, 0.4) is 0 Å². The van der Waals surface area contributed by atoms with Gasteiger partial charge in [-0.15, -0.1) is 5.10 Å². The maximum Gasteiger partial charge on any atom is 0.187 e. The number of aromatic nitrogens is 3. The predicted octanol–water partition coefficient (Wildman–Crippen LogP) is 3.35. The Morgan fingerprint density at radius 1 is 1.05 bits per heavy atom. The molecule has 0 amide bonds. The van der Waals surface area contributed by atoms with Gasteiger partial charge in [-0.25, -0.2) is 4.68 Å². The molecule has 1 heterocycles. The highest BCUT2D eigenvalue weighted by Crippen LogP contribution is 2.14. The second-order valence-corrected chi connectivity index (χ2v) is 5.03. The second-order valence-electron chi connectivity index (χ2n) is 4.59. The molecule has 0 N–H and O–H groups in total. The van der Waals surface area contributed by atoms with Crippen molar-refractivity contribution in [3.8, 4) is 5.69 Å². The zero-order chi connectivity index (χ0) is 14.7. The molecule has 3 rings (SSSR count). The monoisotopic (exact) mass is 297 g/mol. The minimum absolute atomic E-state index is 0.0359. The van der Waals surface area contributed by atoms with E-state index in [-0.39, 0.29) is 12.2 Å². The summed E-state index contributed by atoms with van der Waals surface area (Å²) in [5, 5.41) is 8.49. The lowest BCUT2D eigenvalue weighted by Gasteiger charge is -2.05. The van der Waals surface area contributed by atoms with Crippen molar-refractivity contribution in [2.45, 2.75) is 6.42 Å². The minimum Gasteiger partial charge on any atom is -0.292 e. The number of halogens is 1. The SMILES string of the molecule is O=C(Cc1ccc(Cl)cc1)c1cnnn1-c1ccccc1. The normalized spacial score (nSPS) is 10.5. The van der Waals surface area contributed by atoms with Gasteiger partial charge in [-0.05, 0) is 29.8 Å². The number of hydrogen-bond donors (Lipinski definition) is 0. The Labute approximate surface area is 127 Å². The molecule has 0 aliphatic rings. The summed E-state index contributed by atoms with van der Waals surface area (Å²) in [7, 11) is 0. The Hall–Kier alpha value is -2.46. The lowest BCUT2D eigenvalue weighted by atomic mass is 10.1. The smallest absolute Gasteiger partial charge is 0.187 e. The third-order valence-corrected chi connectivity index (χ3v) is 3.37. The number of ketones is 1. The van der Waals surface area contributed by atoms with Gasteiger partial charge < -0.3 is 0 Å². The Morgan fingerprint density at radius 3 is 2.48 bits per heavy atom. The number of para-hydroxylation sites is 1. The van der Waals surface area contributed by atoms with Crippen molar-refractivity contribution in [1.82, 2.24) is 15.0 Å². The number of hydrogen-bond acceptors (Lipinski definition) is 3. The first-order valence-electron chi connectivity index (χ1n) is 6.48. The van der Waals surface area contributed by atoms with E-state index in [1.807, 2.05) is 42.5 Å². The van der Waals surface area contributed by atoms with Gasteiger partial charge >= 0.3 is 0 Å². The number of carbonyl (C=O) groups is 1. The molecule has 0 aliphatic heterocycles. The molecule has 0 radical (unpaired) electrons. The van der Waals surface area contributed by atoms with Crippen molar-refractivity contribution in [1.29, 1.82) is 0 Å². The first-order chi connectivity index (χ1) is 10.2. The van der Waals surface area contributed by atoms with E-state index < -0.39 is 0 Å². The standard InChI is InChI=1S/C16H12ClN3O/c17-13-8-6-12(7-9-13)10-16(21)15-11-18-19-20(15)14-4-2-1-3-5-14/h1-9,11H,10H2. The highest BCUT2D eigenvalue weighted by molar-refractivity contribution is 6.30. The van der Waals surface area contributed by atoms with Gasteiger partial charge in [0.1, 0.15) is 5.69 Å². The number of benzene rings is 2. The third-order valence-electron chi connectivity index (χ3n) is 3.11. The van der Waals surface area contributed by atoms with Crippen molar-refractivity contribution >= 4 is 17.4 Å². The van der Waals surface area contributed by atoms with E-state index in [9.17, 15) is 4.79 Å². The van der Waals surface area contributed by atoms with Gasteiger partial charge in [-0.1, -0.05) is 47.1 Å². The highest BCUT2D eigenvalue weighted by atomic mass is 35.5. The van der Waals surface area contributed by atoms with Crippen molar-refractivity contribution in [3.05, 3.63) is 77.1 Å². The topological polar surface area (TPSA) is 47.8 Å². The number of nitrogens with zero attached hydrogens (tertiary/aromatic N) is 3. The zero-order valence-electron chi connectivity index (χ0n) is 11.1. The van der Waals surface area contributed by atoms with Gasteiger partial charge in [0, 0.05) is 11.4 Å². The molecule has 0 saturated heterocycles. The first kappa shape index (κ1) is 13.5. The maximum absolute atomic E-state index is 12.4. The molecule has 0 unspecified atom stereocenters. The average Bonchev–Trinajstić information content (AvgIpc) is 3.00. The largest absolute Gasteiger partial charge is 0.292 e. The van der Waals surface area contributed by atoms with Crippen LogP contribution in [0.1, 0.15) is 16.1 Å². The summed E-state index contributed by atoms with van der Waals surface area (Å²) in [5.41, 5.74) is 2.19. The van der Waals surface area contributed by atoms with E-state index in [4.69, 9.17) is 11.6 Å². The zero-order valence-corrected chi connectivity index (χ0v) is 11.9. The Bertz CT molecular complexity index is 751. The van der Waals surface area contributed by atoms with E-state index in [2.05, 4.69) is 10.3 Å². The van der Waals surface area contributed by atoms with Gasteiger partial charge in [-0.2, -0.15) is 0 Å². The molecule has 3 aromatic rings. The summed E-state index contributed by atoms with van der Waals surface area (Å²) >= 11 is 5.84. The number of carbonyl (C=O) groups excluding carboxylic acids is 1. The van der Waals surface area contributed by atoms with Gasteiger partial charge in [0.05, 0.1) is 11.9 Å². The van der Waals surface area contributed by atoms with Crippen LogP contribution in [0.4, 0.5) is 0 Å². The van der Waals surface area contributed by atoms with E-state index in [0.29, 0.717) is 10.7 Å². The van der Waals surface area contributed by atoms with Crippen LogP contribution >= 0.6 is 11.6 Å². The molecular formula is C16H12ClN3O. The fourth-order valence-corrected chi connectivity index (χ4v) is 2.19. The van der Waals surface area contributed by atoms with Crippen LogP contribution in [0.2, 0.25) is 5.02 Å². The van der Waals surface area contributed by atoms with Crippen LogP contribution in [-0.2, 0) is 6.42 Å². The fraction of sp³-hybridized carbons (Fsp3) is 0.0625. The lowest BCUT2D eigenvalue weighted by Crippen LogP contribution is -2.11. The molecule has 4 nitrogen and oxygen atoms in total. The predicted molar refractivity (Wildman–Crippen MR) is 80.8 cm³/mol. The molecule has 21 heavy (non-hydrogen) atoms. The van der Waals surface area contributed by atoms with Gasteiger partial charge in [0.25, 0.3) is 0 Å². The van der Waals surface area contributed by atoms with Crippen LogP contribution in [-0.4, -0.2) is 20.8 Å². The number of Topliss-reactive ketones (excluding diaryl/α,β-unsaturated/α-hetero) is 1. The molecule has 0 spiro atoms. The third kappa shape index (κ3) is 3.01. The Kier molecular flexibility index (Phi) is 3.79. The van der Waals surface area contributed by atoms with Crippen LogP contribution in [0.5, 0.6) is 0 Å². The molecular weight excluding hydrogens is 286 g/mol. The molecule has 0 atom stereocenters. The van der Waals surface area contributed by atoms with E-state index >= 15 is 0 Å². The molecule has 2 aromatic carbocycles. The summed E-state index contributed by atoms with van der Waals surface area (Å²) < 4.78 is 1.55.